The minimum absolute atomic E-state index is 0.207. The number of anilines is 3. The van der Waals surface area contributed by atoms with E-state index in [1.807, 2.05) is 0 Å². The summed E-state index contributed by atoms with van der Waals surface area (Å²) < 4.78 is 2.47. The van der Waals surface area contributed by atoms with Gasteiger partial charge in [-0.15, -0.1) is 0 Å². The van der Waals surface area contributed by atoms with Crippen LogP contribution in [0.3, 0.4) is 0 Å². The monoisotopic (exact) mass is 578 g/mol. The molecular weight excluding hydrogens is 543 g/mol. The molecule has 216 valence electrons. The molecular formula is C42H35BN2. The second kappa shape index (κ2) is 9.74. The van der Waals surface area contributed by atoms with Gasteiger partial charge < -0.3 is 9.47 Å². The Labute approximate surface area is 265 Å². The molecule has 2 aliphatic rings. The molecule has 3 heteroatoms. The molecule has 0 amide bonds. The first kappa shape index (κ1) is 26.4. The van der Waals surface area contributed by atoms with Gasteiger partial charge in [0.25, 0.3) is 0 Å². The van der Waals surface area contributed by atoms with Crippen molar-refractivity contribution in [3.8, 4) is 16.8 Å². The molecule has 0 unspecified atom stereocenters. The minimum Gasteiger partial charge on any atom is -0.311 e. The van der Waals surface area contributed by atoms with Crippen LogP contribution in [-0.4, -0.2) is 11.3 Å². The van der Waals surface area contributed by atoms with Crippen LogP contribution in [0.4, 0.5) is 17.1 Å². The van der Waals surface area contributed by atoms with Crippen molar-refractivity contribution < 1.29 is 0 Å². The molecule has 0 fully saturated rings. The lowest BCUT2D eigenvalue weighted by Crippen LogP contribution is -2.54. The van der Waals surface area contributed by atoms with Crippen molar-refractivity contribution in [2.75, 3.05) is 4.90 Å². The maximum Gasteiger partial charge on any atom is 0.248 e. The lowest BCUT2D eigenvalue weighted by atomic mass is 9.37. The summed E-state index contributed by atoms with van der Waals surface area (Å²) >= 11 is 0. The Hall–Kier alpha value is -5.02. The van der Waals surface area contributed by atoms with Crippen LogP contribution in [-0.2, 0) is 0 Å². The van der Waals surface area contributed by atoms with Gasteiger partial charge in [-0.25, -0.2) is 0 Å². The Balaban J connectivity index is 1.39. The average Bonchev–Trinajstić information content (AvgIpc) is 3.59. The first-order valence-corrected chi connectivity index (χ1v) is 16.3. The van der Waals surface area contributed by atoms with Crippen LogP contribution in [0.5, 0.6) is 0 Å². The van der Waals surface area contributed by atoms with Gasteiger partial charge in [0.05, 0.1) is 11.0 Å². The molecule has 0 saturated carbocycles. The van der Waals surface area contributed by atoms with Gasteiger partial charge in [0.15, 0.2) is 0 Å². The van der Waals surface area contributed by atoms with Crippen molar-refractivity contribution in [2.45, 2.75) is 39.5 Å². The molecule has 0 atom stereocenters. The normalized spacial score (nSPS) is 13.2. The molecule has 45 heavy (non-hydrogen) atoms. The van der Waals surface area contributed by atoms with Crippen molar-refractivity contribution >= 4 is 62.0 Å². The summed E-state index contributed by atoms with van der Waals surface area (Å²) in [5.74, 6) is 0.951. The number of hydrogen-bond donors (Lipinski definition) is 0. The smallest absolute Gasteiger partial charge is 0.248 e. The van der Waals surface area contributed by atoms with Crippen LogP contribution in [0, 0.1) is 0 Å². The van der Waals surface area contributed by atoms with Crippen LogP contribution < -0.4 is 21.3 Å². The Morgan fingerprint density at radius 3 is 1.80 bits per heavy atom. The van der Waals surface area contributed by atoms with E-state index < -0.39 is 0 Å². The first-order valence-electron chi connectivity index (χ1n) is 16.3. The predicted octanol–water partition coefficient (Wildman–Crippen LogP) is 9.31. The molecule has 0 aliphatic carbocycles. The Bertz CT molecular complexity index is 2240. The zero-order valence-electron chi connectivity index (χ0n) is 26.3. The Morgan fingerprint density at radius 2 is 1.11 bits per heavy atom. The highest BCUT2D eigenvalue weighted by Crippen LogP contribution is 2.43. The molecule has 7 aromatic rings. The summed E-state index contributed by atoms with van der Waals surface area (Å²) in [5, 5.41) is 2.57. The summed E-state index contributed by atoms with van der Waals surface area (Å²) in [6.07, 6.45) is 0. The molecule has 2 nitrogen and oxygen atoms in total. The summed E-state index contributed by atoms with van der Waals surface area (Å²) in [4.78, 5) is 2.53. The van der Waals surface area contributed by atoms with E-state index in [0.29, 0.717) is 11.8 Å². The van der Waals surface area contributed by atoms with Crippen LogP contribution in [0.1, 0.15) is 50.7 Å². The number of benzene rings is 6. The number of para-hydroxylation sites is 2. The molecule has 6 aromatic carbocycles. The van der Waals surface area contributed by atoms with E-state index in [-0.39, 0.29) is 6.71 Å². The van der Waals surface area contributed by atoms with E-state index in [4.69, 9.17) is 0 Å². The van der Waals surface area contributed by atoms with Crippen molar-refractivity contribution in [3.63, 3.8) is 0 Å². The molecule has 3 heterocycles. The minimum atomic E-state index is 0.207. The molecule has 1 aromatic heterocycles. The largest absolute Gasteiger partial charge is 0.311 e. The maximum absolute atomic E-state index is 2.53. The number of aromatic nitrogens is 1. The number of hydrogen-bond acceptors (Lipinski definition) is 1. The van der Waals surface area contributed by atoms with Crippen molar-refractivity contribution in [2.24, 2.45) is 0 Å². The zero-order chi connectivity index (χ0) is 30.4. The van der Waals surface area contributed by atoms with E-state index in [1.165, 1.54) is 83.2 Å². The summed E-state index contributed by atoms with van der Waals surface area (Å²) in [6.45, 7) is 9.34. The van der Waals surface area contributed by atoms with Gasteiger partial charge in [-0.2, -0.15) is 0 Å². The van der Waals surface area contributed by atoms with E-state index >= 15 is 0 Å². The van der Waals surface area contributed by atoms with Gasteiger partial charge in [-0.1, -0.05) is 118 Å². The third-order valence-electron chi connectivity index (χ3n) is 10.2. The molecule has 0 radical (unpaired) electrons. The maximum atomic E-state index is 2.53. The van der Waals surface area contributed by atoms with Crippen molar-refractivity contribution in [3.05, 3.63) is 139 Å². The van der Waals surface area contributed by atoms with E-state index in [0.717, 1.165) is 0 Å². The predicted molar refractivity (Wildman–Crippen MR) is 194 cm³/mol. The molecule has 2 aliphatic heterocycles. The van der Waals surface area contributed by atoms with E-state index in [2.05, 4.69) is 165 Å². The van der Waals surface area contributed by atoms with Crippen LogP contribution in [0.15, 0.2) is 127 Å². The van der Waals surface area contributed by atoms with Crippen molar-refractivity contribution in [1.29, 1.82) is 0 Å². The zero-order valence-corrected chi connectivity index (χ0v) is 26.3. The molecule has 0 spiro atoms. The summed E-state index contributed by atoms with van der Waals surface area (Å²) in [5.41, 5.74) is 17.1. The van der Waals surface area contributed by atoms with Gasteiger partial charge >= 0.3 is 0 Å². The van der Waals surface area contributed by atoms with E-state index in [9.17, 15) is 0 Å². The third-order valence-corrected chi connectivity index (χ3v) is 10.2. The van der Waals surface area contributed by atoms with E-state index in [1.54, 1.807) is 0 Å². The highest BCUT2D eigenvalue weighted by atomic mass is 15.2. The fraction of sp³-hybridized carbons (Fsp3) is 0.143. The van der Waals surface area contributed by atoms with Crippen LogP contribution in [0.2, 0.25) is 0 Å². The molecule has 0 N–H and O–H groups in total. The quantitative estimate of drug-likeness (QED) is 0.189. The van der Waals surface area contributed by atoms with Gasteiger partial charge in [0.1, 0.15) is 0 Å². The lowest BCUT2D eigenvalue weighted by molar-refractivity contribution is 0.866. The lowest BCUT2D eigenvalue weighted by Gasteiger charge is -2.37. The fourth-order valence-electron chi connectivity index (χ4n) is 7.92. The summed E-state index contributed by atoms with van der Waals surface area (Å²) in [6, 6.07) is 48.1. The Kier molecular flexibility index (Phi) is 5.71. The second-order valence-corrected chi connectivity index (χ2v) is 13.4. The van der Waals surface area contributed by atoms with Crippen molar-refractivity contribution in [1.82, 2.24) is 4.57 Å². The molecule has 9 rings (SSSR count). The molecule has 0 bridgehead atoms. The Morgan fingerprint density at radius 1 is 0.489 bits per heavy atom. The second-order valence-electron chi connectivity index (χ2n) is 13.4. The molecule has 0 saturated heterocycles. The van der Waals surface area contributed by atoms with Gasteiger partial charge in [-0.05, 0) is 87.5 Å². The fourth-order valence-corrected chi connectivity index (χ4v) is 7.92. The standard InChI is InChI=1S/C42H35BN2/c1-26(2)28-17-20-30(21-18-28)44-40-22-19-29(27(3)4)23-37(40)43-36-14-8-5-11-32(36)35-24-31(25-41(44)42(35)43)45-38-15-9-6-12-33(38)34-13-7-10-16-39(34)45/h5-27H,1-4H3. The van der Waals surface area contributed by atoms with Gasteiger partial charge in [0, 0.05) is 33.5 Å². The highest BCUT2D eigenvalue weighted by molar-refractivity contribution is 7.01. The van der Waals surface area contributed by atoms with Crippen LogP contribution in [0.25, 0.3) is 38.6 Å². The average molecular weight is 579 g/mol. The summed E-state index contributed by atoms with van der Waals surface area (Å²) in [7, 11) is 0. The third kappa shape index (κ3) is 3.77. The highest BCUT2D eigenvalue weighted by Gasteiger charge is 2.43. The van der Waals surface area contributed by atoms with Crippen LogP contribution >= 0.6 is 0 Å². The topological polar surface area (TPSA) is 8.17 Å². The van der Waals surface area contributed by atoms with Gasteiger partial charge in [-0.3, -0.25) is 0 Å². The van der Waals surface area contributed by atoms with Gasteiger partial charge in [0.2, 0.25) is 6.71 Å². The number of rotatable bonds is 4. The number of nitrogens with zero attached hydrogens (tertiary/aromatic N) is 2. The number of fused-ring (bicyclic) bond motifs is 8. The first-order chi connectivity index (χ1) is 22.0. The SMILES string of the molecule is CC(C)c1ccc(N2c3ccc(C(C)C)cc3B3c4ccccc4-c4cc(-n5c6ccccc6c6ccccc65)cc2c43)cc1.